The quantitative estimate of drug-likeness (QED) is 0.364. The summed E-state index contributed by atoms with van der Waals surface area (Å²) >= 11 is 2.84. The normalized spacial score (nSPS) is 10.7. The second-order valence-electron chi connectivity index (χ2n) is 6.05. The molecule has 0 bridgehead atoms. The van der Waals surface area contributed by atoms with Gasteiger partial charge in [-0.25, -0.2) is 9.78 Å². The highest BCUT2D eigenvalue weighted by Gasteiger charge is 2.10. The highest BCUT2D eigenvalue weighted by Crippen LogP contribution is 2.16. The monoisotopic (exact) mass is 421 g/mol. The molecule has 0 aliphatic rings. The summed E-state index contributed by atoms with van der Waals surface area (Å²) in [5.74, 6) is 1.06. The van der Waals surface area contributed by atoms with Crippen molar-refractivity contribution in [3.63, 3.8) is 0 Å². The summed E-state index contributed by atoms with van der Waals surface area (Å²) in [6.07, 6.45) is -0.192. The third-order valence-corrected chi connectivity index (χ3v) is 5.10. The second kappa shape index (κ2) is 10.9. The molecular weight excluding hydrogens is 398 g/mol. The molecule has 0 fully saturated rings. The van der Waals surface area contributed by atoms with Gasteiger partial charge >= 0.3 is 5.97 Å². The number of rotatable bonds is 9. The molecule has 2 rings (SSSR count). The van der Waals surface area contributed by atoms with Crippen molar-refractivity contribution in [3.05, 3.63) is 51.9 Å². The number of nitrogens with zero attached hydrogens (tertiary/aromatic N) is 1. The Morgan fingerprint density at radius 1 is 1.25 bits per heavy atom. The van der Waals surface area contributed by atoms with Gasteiger partial charge in [0.1, 0.15) is 0 Å². The molecule has 1 aromatic heterocycles. The predicted molar refractivity (Wildman–Crippen MR) is 113 cm³/mol. The van der Waals surface area contributed by atoms with Crippen molar-refractivity contribution in [1.82, 2.24) is 9.97 Å². The molecule has 1 amide bonds. The van der Waals surface area contributed by atoms with Gasteiger partial charge < -0.3 is 15.0 Å². The zero-order chi connectivity index (χ0) is 20.5. The van der Waals surface area contributed by atoms with Gasteiger partial charge in [-0.2, -0.15) is 11.8 Å². The van der Waals surface area contributed by atoms with Crippen LogP contribution in [0.5, 0.6) is 0 Å². The Morgan fingerprint density at radius 2 is 1.96 bits per heavy atom. The maximum absolute atomic E-state index is 12.1. The number of amides is 1. The van der Waals surface area contributed by atoms with Crippen molar-refractivity contribution in [3.8, 4) is 0 Å². The number of aromatic amines is 1. The van der Waals surface area contributed by atoms with Gasteiger partial charge in [-0.3, -0.25) is 9.59 Å². The Balaban J connectivity index is 1.89. The zero-order valence-electron chi connectivity index (χ0n) is 16.0. The SMILES string of the molecule is CCSCc1cc(=O)[nH]c(SCC(=O)Nc2ccc(C(=O)OC(C)C)cc2)n1. The molecule has 0 radical (unpaired) electrons. The first-order valence-corrected chi connectivity index (χ1v) is 10.9. The van der Waals surface area contributed by atoms with Crippen LogP contribution in [-0.2, 0) is 15.3 Å². The van der Waals surface area contributed by atoms with Crippen LogP contribution < -0.4 is 10.9 Å². The number of aromatic nitrogens is 2. The summed E-state index contributed by atoms with van der Waals surface area (Å²) in [5.41, 5.74) is 1.46. The van der Waals surface area contributed by atoms with E-state index in [1.807, 2.05) is 6.92 Å². The molecule has 0 aliphatic heterocycles. The van der Waals surface area contributed by atoms with E-state index in [9.17, 15) is 14.4 Å². The van der Waals surface area contributed by atoms with Crippen molar-refractivity contribution in [2.45, 2.75) is 37.8 Å². The summed E-state index contributed by atoms with van der Waals surface area (Å²) in [6.45, 7) is 5.60. The molecule has 150 valence electrons. The van der Waals surface area contributed by atoms with Crippen molar-refractivity contribution >= 4 is 41.1 Å². The Labute approximate surface area is 172 Å². The minimum Gasteiger partial charge on any atom is -0.459 e. The Kier molecular flexibility index (Phi) is 8.59. The fourth-order valence-electron chi connectivity index (χ4n) is 2.14. The summed E-state index contributed by atoms with van der Waals surface area (Å²) in [7, 11) is 0. The van der Waals surface area contributed by atoms with E-state index in [1.54, 1.807) is 49.9 Å². The Morgan fingerprint density at radius 3 is 2.61 bits per heavy atom. The van der Waals surface area contributed by atoms with E-state index in [0.717, 1.165) is 17.5 Å². The largest absolute Gasteiger partial charge is 0.459 e. The van der Waals surface area contributed by atoms with Crippen LogP contribution in [-0.4, -0.2) is 39.5 Å². The maximum Gasteiger partial charge on any atom is 0.338 e. The molecule has 0 aliphatic carbocycles. The summed E-state index contributed by atoms with van der Waals surface area (Å²) in [5, 5.41) is 3.16. The molecule has 0 atom stereocenters. The van der Waals surface area contributed by atoms with Crippen LogP contribution in [0.25, 0.3) is 0 Å². The van der Waals surface area contributed by atoms with E-state index < -0.39 is 5.97 Å². The first kappa shape index (κ1) is 22.0. The van der Waals surface area contributed by atoms with E-state index in [0.29, 0.717) is 27.9 Å². The molecule has 1 aromatic carbocycles. The van der Waals surface area contributed by atoms with Crippen molar-refractivity contribution < 1.29 is 14.3 Å². The van der Waals surface area contributed by atoms with Crippen LogP contribution in [0.1, 0.15) is 36.8 Å². The minimum atomic E-state index is -0.403. The highest BCUT2D eigenvalue weighted by molar-refractivity contribution is 7.99. The third kappa shape index (κ3) is 7.40. The third-order valence-electron chi connectivity index (χ3n) is 3.31. The highest BCUT2D eigenvalue weighted by atomic mass is 32.2. The maximum atomic E-state index is 12.1. The standard InChI is InChI=1S/C19H23N3O4S2/c1-4-27-10-15-9-16(23)22-19(21-15)28-11-17(24)20-14-7-5-13(6-8-14)18(25)26-12(2)3/h5-9,12H,4,10-11H2,1-3H3,(H,20,24)(H,21,22,23). The van der Waals surface area contributed by atoms with E-state index >= 15 is 0 Å². The average molecular weight is 422 g/mol. The molecule has 9 heteroatoms. The number of anilines is 1. The molecule has 1 heterocycles. The van der Waals surface area contributed by atoms with E-state index in [-0.39, 0.29) is 23.3 Å². The smallest absolute Gasteiger partial charge is 0.338 e. The van der Waals surface area contributed by atoms with Gasteiger partial charge in [0.2, 0.25) is 5.91 Å². The van der Waals surface area contributed by atoms with Crippen LogP contribution in [0, 0.1) is 0 Å². The number of thioether (sulfide) groups is 2. The van der Waals surface area contributed by atoms with Gasteiger partial charge in [0, 0.05) is 17.5 Å². The van der Waals surface area contributed by atoms with Crippen molar-refractivity contribution in [1.29, 1.82) is 0 Å². The van der Waals surface area contributed by atoms with Gasteiger partial charge in [-0.15, -0.1) is 0 Å². The van der Waals surface area contributed by atoms with E-state index in [2.05, 4.69) is 15.3 Å². The minimum absolute atomic E-state index is 0.102. The number of nitrogens with one attached hydrogen (secondary N) is 2. The molecule has 2 N–H and O–H groups in total. The molecule has 7 nitrogen and oxygen atoms in total. The van der Waals surface area contributed by atoms with Gasteiger partial charge in [0.05, 0.1) is 23.1 Å². The van der Waals surface area contributed by atoms with Crippen LogP contribution in [0.3, 0.4) is 0 Å². The second-order valence-corrected chi connectivity index (χ2v) is 8.29. The molecule has 0 spiro atoms. The molecule has 0 saturated heterocycles. The summed E-state index contributed by atoms with van der Waals surface area (Å²) in [4.78, 5) is 42.7. The van der Waals surface area contributed by atoms with Crippen LogP contribution in [0.2, 0.25) is 0 Å². The van der Waals surface area contributed by atoms with E-state index in [1.165, 1.54) is 6.07 Å². The number of carbonyl (C=O) groups excluding carboxylic acids is 2. The molecular formula is C19H23N3O4S2. The van der Waals surface area contributed by atoms with Gasteiger partial charge in [0.25, 0.3) is 5.56 Å². The first-order chi connectivity index (χ1) is 13.4. The van der Waals surface area contributed by atoms with Gasteiger partial charge in [-0.05, 0) is 43.9 Å². The molecule has 28 heavy (non-hydrogen) atoms. The lowest BCUT2D eigenvalue weighted by molar-refractivity contribution is -0.113. The molecule has 0 saturated carbocycles. The number of esters is 1. The zero-order valence-corrected chi connectivity index (χ0v) is 17.6. The van der Waals surface area contributed by atoms with Crippen molar-refractivity contribution in [2.24, 2.45) is 0 Å². The van der Waals surface area contributed by atoms with Gasteiger partial charge in [0.15, 0.2) is 5.16 Å². The summed E-state index contributed by atoms with van der Waals surface area (Å²) < 4.78 is 5.12. The van der Waals surface area contributed by atoms with Crippen LogP contribution in [0.15, 0.2) is 40.3 Å². The fraction of sp³-hybridized carbons (Fsp3) is 0.368. The number of H-pyrrole nitrogens is 1. The first-order valence-electron chi connectivity index (χ1n) is 8.79. The van der Waals surface area contributed by atoms with E-state index in [4.69, 9.17) is 4.74 Å². The lowest BCUT2D eigenvalue weighted by Gasteiger charge is -2.09. The van der Waals surface area contributed by atoms with Gasteiger partial charge in [-0.1, -0.05) is 18.7 Å². The topological polar surface area (TPSA) is 101 Å². The van der Waals surface area contributed by atoms with Crippen LogP contribution in [0.4, 0.5) is 5.69 Å². The number of hydrogen-bond donors (Lipinski definition) is 2. The van der Waals surface area contributed by atoms with Crippen molar-refractivity contribution in [2.75, 3.05) is 16.8 Å². The van der Waals surface area contributed by atoms with Crippen LogP contribution >= 0.6 is 23.5 Å². The fourth-order valence-corrected chi connectivity index (χ4v) is 3.39. The number of benzene rings is 1. The lowest BCUT2D eigenvalue weighted by atomic mass is 10.2. The number of carbonyl (C=O) groups is 2. The molecule has 2 aromatic rings. The summed E-state index contributed by atoms with van der Waals surface area (Å²) in [6, 6.07) is 7.95. The Bertz CT molecular complexity index is 866. The lowest BCUT2D eigenvalue weighted by Crippen LogP contribution is -2.16. The average Bonchev–Trinajstić information content (AvgIpc) is 2.64. The molecule has 0 unspecified atom stereocenters. The number of hydrogen-bond acceptors (Lipinski definition) is 7. The predicted octanol–water partition coefficient (Wildman–Crippen LogP) is 3.32. The number of ether oxygens (including phenoxy) is 1. The Hall–Kier alpha value is -2.26.